The first-order valence-corrected chi connectivity index (χ1v) is 14.4. The molecule has 1 saturated carbocycles. The number of thiophene rings is 1. The lowest BCUT2D eigenvalue weighted by molar-refractivity contribution is -0.144. The van der Waals surface area contributed by atoms with Crippen LogP contribution in [0.5, 0.6) is 0 Å². The van der Waals surface area contributed by atoms with Crippen molar-refractivity contribution in [2.45, 2.75) is 52.9 Å². The molecule has 3 amide bonds. The summed E-state index contributed by atoms with van der Waals surface area (Å²) in [6, 6.07) is 4.08. The predicted molar refractivity (Wildman–Crippen MR) is 168 cm³/mol. The molecule has 0 bridgehead atoms. The van der Waals surface area contributed by atoms with Crippen LogP contribution in [0.4, 0.5) is 13.2 Å². The Morgan fingerprint density at radius 2 is 1.80 bits per heavy atom. The van der Waals surface area contributed by atoms with E-state index >= 15 is 0 Å². The first-order valence-electron chi connectivity index (χ1n) is 13.6. The quantitative estimate of drug-likeness (QED) is 0.333. The molecule has 0 spiro atoms. The zero-order valence-corrected chi connectivity index (χ0v) is 27.6. The van der Waals surface area contributed by atoms with Crippen molar-refractivity contribution in [3.63, 3.8) is 0 Å². The molecule has 3 aromatic rings. The third-order valence-corrected chi connectivity index (χ3v) is 10.0. The van der Waals surface area contributed by atoms with Gasteiger partial charge in [0.2, 0.25) is 11.8 Å². The monoisotopic (exact) mass is 693 g/mol. The molecule has 5 heterocycles. The van der Waals surface area contributed by atoms with E-state index in [-0.39, 0.29) is 102 Å². The van der Waals surface area contributed by atoms with E-state index in [1.54, 1.807) is 17.0 Å². The Kier molecular flexibility index (Phi) is 10.1. The summed E-state index contributed by atoms with van der Waals surface area (Å²) in [5.41, 5.74) is 5.68. The Hall–Kier alpha value is -2.51. The Labute approximate surface area is 275 Å². The van der Waals surface area contributed by atoms with Gasteiger partial charge in [0.05, 0.1) is 39.9 Å². The number of hydrogen-bond donors (Lipinski definition) is 1. The Bertz CT molecular complexity index is 1610. The molecule has 15 heteroatoms. The third-order valence-electron chi connectivity index (χ3n) is 8.90. The number of pyridine rings is 2. The van der Waals surface area contributed by atoms with E-state index in [4.69, 9.17) is 5.73 Å². The molecular formula is C29H33Cl3F3N5O3S. The summed E-state index contributed by atoms with van der Waals surface area (Å²) < 4.78 is 42.2. The van der Waals surface area contributed by atoms with Gasteiger partial charge in [-0.15, -0.1) is 48.6 Å². The summed E-state index contributed by atoms with van der Waals surface area (Å²) >= 11 is 1.23. The topological polar surface area (TPSA) is 109 Å². The summed E-state index contributed by atoms with van der Waals surface area (Å²) in [5, 5.41) is 0. The molecule has 1 aliphatic carbocycles. The molecule has 4 atom stereocenters. The molecule has 8 nitrogen and oxygen atoms in total. The number of aryl methyl sites for hydroxylation is 1. The number of carbonyl (C=O) groups excluding carboxylic acids is 3. The predicted octanol–water partition coefficient (Wildman–Crippen LogP) is 5.90. The van der Waals surface area contributed by atoms with Gasteiger partial charge in [0.1, 0.15) is 5.69 Å². The molecule has 3 aliphatic rings. The maximum Gasteiger partial charge on any atom is 0.433 e. The molecule has 2 saturated heterocycles. The number of halogens is 6. The van der Waals surface area contributed by atoms with Crippen molar-refractivity contribution < 1.29 is 27.6 Å². The van der Waals surface area contributed by atoms with E-state index in [9.17, 15) is 27.6 Å². The van der Waals surface area contributed by atoms with Crippen LogP contribution in [0.25, 0.3) is 21.5 Å². The summed E-state index contributed by atoms with van der Waals surface area (Å²) in [4.78, 5) is 51.5. The zero-order chi connectivity index (χ0) is 29.6. The standard InChI is InChI=1S/C29H30F3N5O3S.3ClH/c1-13-9-19(29(30,31)32)35-23(20(13)25(38)36-8-6-15(11-36)14(2)33)17-5-7-34-18-10-16(41-24(17)18)12-37-26(39)21-22(27(37)40)28(21,3)4;;;/h5,7,9-10,14-15,21-22H,6,8,11-12,33H2,1-4H3;3*1H/t14?,15-,21?,22?;;;/m0.../s1. The van der Waals surface area contributed by atoms with Crippen molar-refractivity contribution in [2.75, 3.05) is 13.1 Å². The second-order valence-electron chi connectivity index (χ2n) is 12.0. The Morgan fingerprint density at radius 3 is 2.36 bits per heavy atom. The fraction of sp³-hybridized carbons (Fsp3) is 0.483. The van der Waals surface area contributed by atoms with E-state index in [1.165, 1.54) is 29.4 Å². The number of fused-ring (bicyclic) bond motifs is 2. The highest BCUT2D eigenvalue weighted by atomic mass is 35.5. The van der Waals surface area contributed by atoms with Gasteiger partial charge in [0.25, 0.3) is 5.91 Å². The number of nitrogens with zero attached hydrogens (tertiary/aromatic N) is 4. The summed E-state index contributed by atoms with van der Waals surface area (Å²) in [5.74, 6) is -1.31. The van der Waals surface area contributed by atoms with Gasteiger partial charge in [0.15, 0.2) is 0 Å². The number of alkyl halides is 3. The lowest BCUT2D eigenvalue weighted by Gasteiger charge is -2.22. The van der Waals surface area contributed by atoms with E-state index in [0.29, 0.717) is 40.2 Å². The van der Waals surface area contributed by atoms with Crippen LogP contribution in [0.1, 0.15) is 53.7 Å². The molecule has 0 aromatic carbocycles. The van der Waals surface area contributed by atoms with E-state index in [0.717, 1.165) is 6.07 Å². The van der Waals surface area contributed by atoms with E-state index in [1.807, 2.05) is 20.8 Å². The third kappa shape index (κ3) is 5.79. The van der Waals surface area contributed by atoms with Crippen molar-refractivity contribution in [1.82, 2.24) is 19.8 Å². The van der Waals surface area contributed by atoms with Crippen molar-refractivity contribution >= 4 is 76.5 Å². The van der Waals surface area contributed by atoms with Crippen LogP contribution >= 0.6 is 48.6 Å². The minimum absolute atomic E-state index is 0. The number of carbonyl (C=O) groups is 3. The number of hydrogen-bond acceptors (Lipinski definition) is 7. The average molecular weight is 695 g/mol. The highest BCUT2D eigenvalue weighted by Gasteiger charge is 2.72. The van der Waals surface area contributed by atoms with Gasteiger partial charge in [-0.05, 0) is 55.4 Å². The van der Waals surface area contributed by atoms with Crippen molar-refractivity contribution in [3.05, 3.63) is 46.1 Å². The number of imide groups is 1. The van der Waals surface area contributed by atoms with Crippen LogP contribution in [0, 0.1) is 30.1 Å². The van der Waals surface area contributed by atoms with Gasteiger partial charge in [-0.3, -0.25) is 24.3 Å². The maximum atomic E-state index is 13.9. The number of nitrogens with two attached hydrogens (primary N) is 1. The molecule has 44 heavy (non-hydrogen) atoms. The highest BCUT2D eigenvalue weighted by Crippen LogP contribution is 2.63. The average Bonchev–Trinajstić information content (AvgIpc) is 3.33. The first-order chi connectivity index (χ1) is 19.2. The Morgan fingerprint density at radius 1 is 1.16 bits per heavy atom. The number of rotatable bonds is 5. The van der Waals surface area contributed by atoms with Gasteiger partial charge < -0.3 is 10.6 Å². The molecule has 6 rings (SSSR count). The molecule has 240 valence electrons. The minimum Gasteiger partial charge on any atom is -0.338 e. The van der Waals surface area contributed by atoms with Crippen LogP contribution in [-0.2, 0) is 22.3 Å². The largest absolute Gasteiger partial charge is 0.433 e. The number of aromatic nitrogens is 2. The molecule has 3 fully saturated rings. The minimum atomic E-state index is -4.72. The lowest BCUT2D eigenvalue weighted by Crippen LogP contribution is -2.35. The fourth-order valence-electron chi connectivity index (χ4n) is 6.41. The molecule has 0 radical (unpaired) electrons. The smallest absolute Gasteiger partial charge is 0.338 e. The summed E-state index contributed by atoms with van der Waals surface area (Å²) in [6.07, 6.45) is -2.54. The SMILES string of the molecule is Cc1cc(C(F)(F)F)nc(-c2ccnc3cc(CN4C(=O)C5C(C4=O)C5(C)C)sc23)c1C(=O)N1CC[C@H](C(C)N)C1.Cl.Cl.Cl. The van der Waals surface area contributed by atoms with Crippen LogP contribution in [0.3, 0.4) is 0 Å². The zero-order valence-electron chi connectivity index (χ0n) is 24.3. The highest BCUT2D eigenvalue weighted by molar-refractivity contribution is 7.19. The van der Waals surface area contributed by atoms with Gasteiger partial charge >= 0.3 is 6.18 Å². The first kappa shape index (κ1) is 36.0. The molecule has 3 aromatic heterocycles. The van der Waals surface area contributed by atoms with Crippen molar-refractivity contribution in [1.29, 1.82) is 0 Å². The Balaban J connectivity index is 0.00000176. The normalized spacial score (nSPS) is 22.7. The summed E-state index contributed by atoms with van der Waals surface area (Å²) in [6.45, 7) is 8.12. The van der Waals surface area contributed by atoms with Gasteiger partial charge in [-0.1, -0.05) is 13.8 Å². The van der Waals surface area contributed by atoms with Crippen LogP contribution in [0.2, 0.25) is 0 Å². The van der Waals surface area contributed by atoms with Gasteiger partial charge in [0, 0.05) is 35.8 Å². The molecule has 2 N–H and O–H groups in total. The van der Waals surface area contributed by atoms with E-state index in [2.05, 4.69) is 9.97 Å². The van der Waals surface area contributed by atoms with Gasteiger partial charge in [-0.2, -0.15) is 13.2 Å². The van der Waals surface area contributed by atoms with Crippen LogP contribution < -0.4 is 5.73 Å². The lowest BCUT2D eigenvalue weighted by atomic mass is 9.99. The maximum absolute atomic E-state index is 13.9. The fourth-order valence-corrected chi connectivity index (χ4v) is 7.53. The van der Waals surface area contributed by atoms with E-state index < -0.39 is 17.8 Å². The second-order valence-corrected chi connectivity index (χ2v) is 13.2. The van der Waals surface area contributed by atoms with Crippen molar-refractivity contribution in [2.24, 2.45) is 28.9 Å². The number of likely N-dealkylation sites (tertiary alicyclic amines) is 2. The molecular weight excluding hydrogens is 662 g/mol. The number of piperidine rings is 1. The van der Waals surface area contributed by atoms with Crippen LogP contribution in [0.15, 0.2) is 24.4 Å². The van der Waals surface area contributed by atoms with Crippen LogP contribution in [-0.4, -0.2) is 56.6 Å². The second kappa shape index (κ2) is 12.4. The van der Waals surface area contributed by atoms with Crippen molar-refractivity contribution in [3.8, 4) is 11.3 Å². The molecule has 3 unspecified atom stereocenters. The molecule has 2 aliphatic heterocycles. The van der Waals surface area contributed by atoms with Gasteiger partial charge in [-0.25, -0.2) is 4.98 Å². The number of amides is 3. The summed E-state index contributed by atoms with van der Waals surface area (Å²) in [7, 11) is 0.